The number of anilines is 1. The standard InChI is InChI=1S/C13H21N5O2S/c1-4-6-10(3)12-7-13(16-15-12)17-21(19,20)11-8-14-18(5-2)9-11/h7-10H,4-6H2,1-3H3,(H2,15,16,17)/t10-/m0/s1. The molecule has 0 aliphatic rings. The highest BCUT2D eigenvalue weighted by Gasteiger charge is 2.18. The summed E-state index contributed by atoms with van der Waals surface area (Å²) in [6, 6.07) is 1.74. The topological polar surface area (TPSA) is 92.7 Å². The third kappa shape index (κ3) is 3.63. The number of hydrogen-bond acceptors (Lipinski definition) is 4. The Morgan fingerprint density at radius 1 is 1.43 bits per heavy atom. The maximum Gasteiger partial charge on any atom is 0.266 e. The van der Waals surface area contributed by atoms with Gasteiger partial charge in [-0.25, -0.2) is 8.42 Å². The lowest BCUT2D eigenvalue weighted by Gasteiger charge is -2.05. The van der Waals surface area contributed by atoms with E-state index in [1.807, 2.05) is 6.92 Å². The highest BCUT2D eigenvalue weighted by Crippen LogP contribution is 2.22. The van der Waals surface area contributed by atoms with Gasteiger partial charge in [-0.05, 0) is 19.3 Å². The molecule has 21 heavy (non-hydrogen) atoms. The predicted octanol–water partition coefficient (Wildman–Crippen LogP) is 2.33. The van der Waals surface area contributed by atoms with Crippen LogP contribution in [0.15, 0.2) is 23.4 Å². The van der Waals surface area contributed by atoms with Crippen LogP contribution in [0, 0.1) is 0 Å². The molecule has 0 saturated heterocycles. The van der Waals surface area contributed by atoms with E-state index in [-0.39, 0.29) is 4.90 Å². The molecule has 2 aromatic heterocycles. The number of rotatable bonds is 7. The molecule has 0 aliphatic heterocycles. The number of aromatic amines is 1. The largest absolute Gasteiger partial charge is 0.280 e. The Morgan fingerprint density at radius 2 is 2.19 bits per heavy atom. The van der Waals surface area contributed by atoms with Crippen molar-refractivity contribution in [1.82, 2.24) is 20.0 Å². The molecule has 8 heteroatoms. The van der Waals surface area contributed by atoms with E-state index in [1.54, 1.807) is 10.7 Å². The molecule has 116 valence electrons. The summed E-state index contributed by atoms with van der Waals surface area (Å²) in [5.41, 5.74) is 0.929. The summed E-state index contributed by atoms with van der Waals surface area (Å²) in [6.07, 6.45) is 4.92. The van der Waals surface area contributed by atoms with Crippen LogP contribution in [-0.4, -0.2) is 28.4 Å². The van der Waals surface area contributed by atoms with Gasteiger partial charge in [-0.2, -0.15) is 10.2 Å². The quantitative estimate of drug-likeness (QED) is 0.820. The van der Waals surface area contributed by atoms with Crippen LogP contribution in [0.2, 0.25) is 0 Å². The molecule has 0 aliphatic carbocycles. The molecule has 0 spiro atoms. The molecule has 0 bridgehead atoms. The summed E-state index contributed by atoms with van der Waals surface area (Å²) >= 11 is 0. The maximum atomic E-state index is 12.2. The van der Waals surface area contributed by atoms with Gasteiger partial charge < -0.3 is 0 Å². The maximum absolute atomic E-state index is 12.2. The summed E-state index contributed by atoms with van der Waals surface area (Å²) in [6.45, 7) is 6.71. The number of nitrogens with zero attached hydrogens (tertiary/aromatic N) is 3. The van der Waals surface area contributed by atoms with Crippen molar-refractivity contribution in [2.45, 2.75) is 51.0 Å². The molecule has 0 radical (unpaired) electrons. The lowest BCUT2D eigenvalue weighted by atomic mass is 10.0. The normalized spacial score (nSPS) is 13.3. The third-order valence-corrected chi connectivity index (χ3v) is 4.64. The van der Waals surface area contributed by atoms with Crippen LogP contribution in [0.25, 0.3) is 0 Å². The van der Waals surface area contributed by atoms with Crippen molar-refractivity contribution in [3.8, 4) is 0 Å². The average molecular weight is 311 g/mol. The van der Waals surface area contributed by atoms with Gasteiger partial charge in [0.05, 0.1) is 6.20 Å². The monoisotopic (exact) mass is 311 g/mol. The first-order chi connectivity index (χ1) is 9.96. The fraction of sp³-hybridized carbons (Fsp3) is 0.538. The van der Waals surface area contributed by atoms with Gasteiger partial charge in [0.1, 0.15) is 4.90 Å². The molecule has 2 rings (SSSR count). The van der Waals surface area contributed by atoms with Crippen LogP contribution in [0.5, 0.6) is 0 Å². The summed E-state index contributed by atoms with van der Waals surface area (Å²) in [4.78, 5) is 0.135. The third-order valence-electron chi connectivity index (χ3n) is 3.33. The van der Waals surface area contributed by atoms with Crippen LogP contribution in [0.1, 0.15) is 45.2 Å². The number of hydrogen-bond donors (Lipinski definition) is 2. The molecule has 0 aromatic carbocycles. The first-order valence-corrected chi connectivity index (χ1v) is 8.55. The Kier molecular flexibility index (Phi) is 4.66. The highest BCUT2D eigenvalue weighted by atomic mass is 32.2. The minimum absolute atomic E-state index is 0.135. The molecule has 1 atom stereocenters. The molecule has 0 fully saturated rings. The summed E-state index contributed by atoms with van der Waals surface area (Å²) in [5.74, 6) is 0.626. The highest BCUT2D eigenvalue weighted by molar-refractivity contribution is 7.92. The zero-order valence-electron chi connectivity index (χ0n) is 12.5. The summed E-state index contributed by atoms with van der Waals surface area (Å²) in [7, 11) is -3.64. The smallest absolute Gasteiger partial charge is 0.266 e. The van der Waals surface area contributed by atoms with Crippen molar-refractivity contribution in [1.29, 1.82) is 0 Å². The van der Waals surface area contributed by atoms with E-state index in [1.165, 1.54) is 12.4 Å². The van der Waals surface area contributed by atoms with Crippen LogP contribution < -0.4 is 4.72 Å². The second-order valence-electron chi connectivity index (χ2n) is 5.04. The van der Waals surface area contributed by atoms with Gasteiger partial charge >= 0.3 is 0 Å². The van der Waals surface area contributed by atoms with E-state index >= 15 is 0 Å². The summed E-state index contributed by atoms with van der Waals surface area (Å²) < 4.78 is 28.5. The van der Waals surface area contributed by atoms with E-state index in [2.05, 4.69) is 33.9 Å². The minimum atomic E-state index is -3.64. The molecule has 2 N–H and O–H groups in total. The Bertz CT molecular complexity index is 689. The molecule has 2 heterocycles. The Morgan fingerprint density at radius 3 is 2.81 bits per heavy atom. The van der Waals surface area contributed by atoms with Crippen molar-refractivity contribution in [3.05, 3.63) is 24.2 Å². The van der Waals surface area contributed by atoms with Crippen LogP contribution in [0.4, 0.5) is 5.82 Å². The van der Waals surface area contributed by atoms with E-state index in [0.717, 1.165) is 18.5 Å². The first kappa shape index (κ1) is 15.6. The van der Waals surface area contributed by atoms with Crippen LogP contribution >= 0.6 is 0 Å². The van der Waals surface area contributed by atoms with Crippen molar-refractivity contribution in [3.63, 3.8) is 0 Å². The van der Waals surface area contributed by atoms with Gasteiger partial charge in [0.2, 0.25) is 0 Å². The second-order valence-corrected chi connectivity index (χ2v) is 6.72. The molecule has 0 amide bonds. The van der Waals surface area contributed by atoms with Gasteiger partial charge in [-0.15, -0.1) is 0 Å². The number of nitrogens with one attached hydrogen (secondary N) is 2. The Balaban J connectivity index is 2.13. The van der Waals surface area contributed by atoms with E-state index < -0.39 is 10.0 Å². The van der Waals surface area contributed by atoms with Gasteiger partial charge in [0.25, 0.3) is 10.0 Å². The fourth-order valence-electron chi connectivity index (χ4n) is 2.08. The summed E-state index contributed by atoms with van der Waals surface area (Å²) in [5, 5.41) is 10.9. The number of aromatic nitrogens is 4. The van der Waals surface area contributed by atoms with Gasteiger partial charge in [-0.3, -0.25) is 14.5 Å². The SMILES string of the molecule is CCC[C@H](C)c1cc(NS(=O)(=O)c2cnn(CC)c2)n[nH]1. The number of sulfonamides is 1. The molecular weight excluding hydrogens is 290 g/mol. The van der Waals surface area contributed by atoms with Gasteiger partial charge in [-0.1, -0.05) is 20.3 Å². The van der Waals surface area contributed by atoms with E-state index in [9.17, 15) is 8.42 Å². The molecule has 0 unspecified atom stereocenters. The predicted molar refractivity (Wildman–Crippen MR) is 80.6 cm³/mol. The van der Waals surface area contributed by atoms with E-state index in [4.69, 9.17) is 0 Å². The average Bonchev–Trinajstić information content (AvgIpc) is 3.07. The van der Waals surface area contributed by atoms with Crippen molar-refractivity contribution in [2.24, 2.45) is 0 Å². The van der Waals surface area contributed by atoms with Crippen LogP contribution in [0.3, 0.4) is 0 Å². The minimum Gasteiger partial charge on any atom is -0.280 e. The molecular formula is C13H21N5O2S. The molecule has 0 saturated carbocycles. The van der Waals surface area contributed by atoms with Crippen LogP contribution in [-0.2, 0) is 16.6 Å². The second kappa shape index (κ2) is 6.30. The van der Waals surface area contributed by atoms with Gasteiger partial charge in [0, 0.05) is 24.5 Å². The number of aryl methyl sites for hydroxylation is 1. The van der Waals surface area contributed by atoms with Crippen molar-refractivity contribution >= 4 is 15.8 Å². The van der Waals surface area contributed by atoms with Crippen molar-refractivity contribution < 1.29 is 8.42 Å². The lowest BCUT2D eigenvalue weighted by molar-refractivity contribution is 0.600. The molecule has 7 nitrogen and oxygen atoms in total. The zero-order chi connectivity index (χ0) is 15.5. The number of H-pyrrole nitrogens is 1. The zero-order valence-corrected chi connectivity index (χ0v) is 13.3. The Hall–Kier alpha value is -1.83. The first-order valence-electron chi connectivity index (χ1n) is 7.06. The fourth-order valence-corrected chi connectivity index (χ4v) is 3.03. The van der Waals surface area contributed by atoms with Gasteiger partial charge in [0.15, 0.2) is 5.82 Å². The molecule has 2 aromatic rings. The van der Waals surface area contributed by atoms with E-state index in [0.29, 0.717) is 18.3 Å². The van der Waals surface area contributed by atoms with Crippen molar-refractivity contribution in [2.75, 3.05) is 4.72 Å². The lowest BCUT2D eigenvalue weighted by Crippen LogP contribution is -2.12. The Labute approximate surface area is 124 Å².